The molecule has 2 aromatic rings. The van der Waals surface area contributed by atoms with Crippen molar-refractivity contribution >= 4 is 29.3 Å². The molecule has 0 heterocycles. The molecule has 0 aliphatic carbocycles. The largest absolute Gasteiger partial charge is 0.356 e. The summed E-state index contributed by atoms with van der Waals surface area (Å²) in [4.78, 5) is 11.8. The Hall–Kier alpha value is -1.45. The van der Waals surface area contributed by atoms with Gasteiger partial charge in [0.25, 0.3) is 0 Å². The van der Waals surface area contributed by atoms with Gasteiger partial charge in [-0.25, -0.2) is 0 Å². The number of rotatable bonds is 8. The summed E-state index contributed by atoms with van der Waals surface area (Å²) in [6.45, 7) is 0.670. The van der Waals surface area contributed by atoms with Crippen molar-refractivity contribution in [1.29, 1.82) is 0 Å². The summed E-state index contributed by atoms with van der Waals surface area (Å²) in [5.41, 5.74) is 2.48. The fourth-order valence-electron chi connectivity index (χ4n) is 2.01. The van der Waals surface area contributed by atoms with Crippen LogP contribution in [0.25, 0.3) is 0 Å². The summed E-state index contributed by atoms with van der Waals surface area (Å²) < 4.78 is 0. The van der Waals surface area contributed by atoms with Crippen LogP contribution in [0, 0.1) is 0 Å². The highest BCUT2D eigenvalue weighted by Gasteiger charge is 2.01. The quantitative estimate of drug-likeness (QED) is 0.729. The minimum Gasteiger partial charge on any atom is -0.356 e. The first-order valence-electron chi connectivity index (χ1n) is 7.37. The van der Waals surface area contributed by atoms with Gasteiger partial charge in [-0.3, -0.25) is 4.79 Å². The Morgan fingerprint density at radius 2 is 1.73 bits per heavy atom. The Balaban J connectivity index is 1.55. The van der Waals surface area contributed by atoms with Crippen molar-refractivity contribution in [1.82, 2.24) is 5.32 Å². The topological polar surface area (TPSA) is 29.1 Å². The second-order valence-electron chi connectivity index (χ2n) is 5.01. The lowest BCUT2D eigenvalue weighted by Gasteiger charge is -2.06. The highest BCUT2D eigenvalue weighted by atomic mass is 35.5. The van der Waals surface area contributed by atoms with Crippen molar-refractivity contribution in [2.24, 2.45) is 0 Å². The fraction of sp³-hybridized carbons (Fsp3) is 0.278. The van der Waals surface area contributed by atoms with Crippen LogP contribution in [0.1, 0.15) is 17.5 Å². The summed E-state index contributed by atoms with van der Waals surface area (Å²) in [6.07, 6.45) is 1.40. The van der Waals surface area contributed by atoms with Crippen molar-refractivity contribution < 1.29 is 4.79 Å². The molecule has 0 atom stereocenters. The molecular formula is C18H20ClNOS. The van der Waals surface area contributed by atoms with Crippen LogP contribution in [0.4, 0.5) is 0 Å². The van der Waals surface area contributed by atoms with E-state index >= 15 is 0 Å². The Morgan fingerprint density at radius 3 is 2.45 bits per heavy atom. The minimum atomic E-state index is 0.120. The molecule has 0 saturated heterocycles. The SMILES string of the molecule is O=C(CCSCc1ccccc1)NCCc1ccc(Cl)cc1. The third kappa shape index (κ3) is 6.54. The first-order chi connectivity index (χ1) is 10.7. The molecule has 2 rings (SSSR count). The number of carbonyl (C=O) groups excluding carboxylic acids is 1. The molecule has 0 fully saturated rings. The molecule has 0 bridgehead atoms. The van der Waals surface area contributed by atoms with Gasteiger partial charge >= 0.3 is 0 Å². The second-order valence-corrected chi connectivity index (χ2v) is 6.56. The lowest BCUT2D eigenvalue weighted by atomic mass is 10.1. The number of benzene rings is 2. The normalized spacial score (nSPS) is 10.4. The van der Waals surface area contributed by atoms with Gasteiger partial charge in [0.2, 0.25) is 5.91 Å². The van der Waals surface area contributed by atoms with Crippen molar-refractivity contribution in [2.75, 3.05) is 12.3 Å². The molecular weight excluding hydrogens is 314 g/mol. The van der Waals surface area contributed by atoms with Gasteiger partial charge in [0.15, 0.2) is 0 Å². The Bertz CT molecular complexity index is 571. The maximum Gasteiger partial charge on any atom is 0.220 e. The average Bonchev–Trinajstić information content (AvgIpc) is 2.54. The standard InChI is InChI=1S/C18H20ClNOS/c19-17-8-6-15(7-9-17)10-12-20-18(21)11-13-22-14-16-4-2-1-3-5-16/h1-9H,10-14H2,(H,20,21). The predicted octanol–water partition coefficient (Wildman–Crippen LogP) is 4.32. The summed E-state index contributed by atoms with van der Waals surface area (Å²) in [6, 6.07) is 18.0. The molecule has 22 heavy (non-hydrogen) atoms. The van der Waals surface area contributed by atoms with Crippen LogP contribution in [0.5, 0.6) is 0 Å². The molecule has 0 spiro atoms. The average molecular weight is 334 g/mol. The molecule has 0 aliphatic rings. The van der Waals surface area contributed by atoms with Gasteiger partial charge in [-0.1, -0.05) is 54.1 Å². The van der Waals surface area contributed by atoms with Gasteiger partial charge in [0.1, 0.15) is 0 Å². The third-order valence-electron chi connectivity index (χ3n) is 3.23. The molecule has 2 aromatic carbocycles. The third-order valence-corrected chi connectivity index (χ3v) is 4.52. The van der Waals surface area contributed by atoms with E-state index in [-0.39, 0.29) is 5.91 Å². The molecule has 0 saturated carbocycles. The van der Waals surface area contributed by atoms with E-state index in [0.717, 1.165) is 22.9 Å². The summed E-state index contributed by atoms with van der Waals surface area (Å²) in [7, 11) is 0. The van der Waals surface area contributed by atoms with Crippen molar-refractivity contribution in [2.45, 2.75) is 18.6 Å². The number of hydrogen-bond acceptors (Lipinski definition) is 2. The van der Waals surface area contributed by atoms with Gasteiger partial charge in [-0.2, -0.15) is 11.8 Å². The number of nitrogens with one attached hydrogen (secondary N) is 1. The molecule has 2 nitrogen and oxygen atoms in total. The zero-order chi connectivity index (χ0) is 15.6. The van der Waals surface area contributed by atoms with E-state index < -0.39 is 0 Å². The molecule has 1 N–H and O–H groups in total. The maximum atomic E-state index is 11.8. The van der Waals surface area contributed by atoms with Gasteiger partial charge < -0.3 is 5.32 Å². The van der Waals surface area contributed by atoms with Gasteiger partial charge in [-0.05, 0) is 29.7 Å². The van der Waals surface area contributed by atoms with Gasteiger partial charge in [0.05, 0.1) is 0 Å². The van der Waals surface area contributed by atoms with E-state index in [4.69, 9.17) is 11.6 Å². The van der Waals surface area contributed by atoms with Gasteiger partial charge in [0, 0.05) is 29.5 Å². The monoisotopic (exact) mass is 333 g/mol. The lowest BCUT2D eigenvalue weighted by molar-refractivity contribution is -0.120. The summed E-state index contributed by atoms with van der Waals surface area (Å²) in [5.74, 6) is 1.93. The van der Waals surface area contributed by atoms with E-state index in [1.165, 1.54) is 11.1 Å². The molecule has 0 aliphatic heterocycles. The van der Waals surface area contributed by atoms with Crippen LogP contribution in [0.3, 0.4) is 0 Å². The highest BCUT2D eigenvalue weighted by Crippen LogP contribution is 2.12. The van der Waals surface area contributed by atoms with Crippen LogP contribution in [0.2, 0.25) is 5.02 Å². The van der Waals surface area contributed by atoms with E-state index in [1.54, 1.807) is 11.8 Å². The van der Waals surface area contributed by atoms with Gasteiger partial charge in [-0.15, -0.1) is 0 Å². The Labute approximate surface area is 141 Å². The number of thioether (sulfide) groups is 1. The van der Waals surface area contributed by atoms with Crippen LogP contribution in [-0.2, 0) is 17.0 Å². The predicted molar refractivity (Wildman–Crippen MR) is 95.4 cm³/mol. The Kier molecular flexibility index (Phi) is 7.34. The summed E-state index contributed by atoms with van der Waals surface area (Å²) in [5, 5.41) is 3.70. The number of amides is 1. The van der Waals surface area contributed by atoms with E-state index in [9.17, 15) is 4.79 Å². The van der Waals surface area contributed by atoms with Crippen molar-refractivity contribution in [3.63, 3.8) is 0 Å². The summed E-state index contributed by atoms with van der Waals surface area (Å²) >= 11 is 7.63. The fourth-order valence-corrected chi connectivity index (χ4v) is 3.04. The number of halogens is 1. The van der Waals surface area contributed by atoms with E-state index in [0.29, 0.717) is 13.0 Å². The van der Waals surface area contributed by atoms with Crippen molar-refractivity contribution in [3.05, 3.63) is 70.7 Å². The van der Waals surface area contributed by atoms with Crippen LogP contribution in [-0.4, -0.2) is 18.2 Å². The van der Waals surface area contributed by atoms with E-state index in [2.05, 4.69) is 17.4 Å². The van der Waals surface area contributed by atoms with Crippen LogP contribution in [0.15, 0.2) is 54.6 Å². The molecule has 1 amide bonds. The van der Waals surface area contributed by atoms with Crippen LogP contribution >= 0.6 is 23.4 Å². The molecule has 0 radical (unpaired) electrons. The number of hydrogen-bond donors (Lipinski definition) is 1. The maximum absolute atomic E-state index is 11.8. The Morgan fingerprint density at radius 1 is 1.00 bits per heavy atom. The molecule has 0 unspecified atom stereocenters. The second kappa shape index (κ2) is 9.54. The van der Waals surface area contributed by atoms with E-state index in [1.807, 2.05) is 42.5 Å². The first kappa shape index (κ1) is 16.9. The lowest BCUT2D eigenvalue weighted by Crippen LogP contribution is -2.25. The zero-order valence-electron chi connectivity index (χ0n) is 12.4. The molecule has 4 heteroatoms. The first-order valence-corrected chi connectivity index (χ1v) is 8.90. The van der Waals surface area contributed by atoms with Crippen LogP contribution < -0.4 is 5.32 Å². The molecule has 116 valence electrons. The number of carbonyl (C=O) groups is 1. The smallest absolute Gasteiger partial charge is 0.220 e. The molecule has 0 aromatic heterocycles. The zero-order valence-corrected chi connectivity index (χ0v) is 14.0. The minimum absolute atomic E-state index is 0.120. The van der Waals surface area contributed by atoms with Crippen molar-refractivity contribution in [3.8, 4) is 0 Å². The highest BCUT2D eigenvalue weighted by molar-refractivity contribution is 7.98.